The third kappa shape index (κ3) is 4.61. The van der Waals surface area contributed by atoms with Gasteiger partial charge in [0.25, 0.3) is 0 Å². The van der Waals surface area contributed by atoms with Crippen molar-refractivity contribution in [3.63, 3.8) is 0 Å². The maximum Gasteiger partial charge on any atom is 0.226 e. The molecule has 0 aliphatic rings. The monoisotopic (exact) mass is 422 g/mol. The molecule has 0 unspecified atom stereocenters. The van der Waals surface area contributed by atoms with Crippen LogP contribution in [0, 0.1) is 0 Å². The zero-order chi connectivity index (χ0) is 21.0. The van der Waals surface area contributed by atoms with E-state index in [-0.39, 0.29) is 53.3 Å². The van der Waals surface area contributed by atoms with E-state index in [1.807, 2.05) is 0 Å². The van der Waals surface area contributed by atoms with E-state index in [9.17, 15) is 15.0 Å². The number of aliphatic hydroxyl groups excluding tert-OH is 1. The van der Waals surface area contributed by atoms with Crippen LogP contribution in [0.3, 0.4) is 0 Å². The van der Waals surface area contributed by atoms with E-state index < -0.39 is 0 Å². The number of halogens is 1. The summed E-state index contributed by atoms with van der Waals surface area (Å²) in [5.41, 5.74) is 1.20. The standard InChI is InChI=1S/C18H19ClN4O6/c1-2-20-16(27)5-13-17(21-7-10-3-9(8-24)22-28-10)18(29-23-13)11-4-12(19)15(26)6-14(11)25/h3-4,6,21,24-26H,2,5,7-8H2,1H3,(H,20,27). The summed E-state index contributed by atoms with van der Waals surface area (Å²) in [6, 6.07) is 3.97. The Balaban J connectivity index is 1.96. The maximum atomic E-state index is 12.0. The molecule has 2 aromatic heterocycles. The quantitative estimate of drug-likeness (QED) is 0.367. The minimum atomic E-state index is -0.289. The zero-order valence-electron chi connectivity index (χ0n) is 15.4. The van der Waals surface area contributed by atoms with Gasteiger partial charge in [-0.2, -0.15) is 0 Å². The SMILES string of the molecule is CCNC(=O)Cc1noc(-c2cc(Cl)c(O)cc2O)c1NCc1cc(CO)no1. The first-order valence-electron chi connectivity index (χ1n) is 8.69. The number of aromatic hydroxyl groups is 2. The predicted octanol–water partition coefficient (Wildman–Crippen LogP) is 2.18. The third-order valence-corrected chi connectivity index (χ3v) is 4.29. The van der Waals surface area contributed by atoms with Crippen LogP contribution in [0.25, 0.3) is 11.3 Å². The number of anilines is 1. The Morgan fingerprint density at radius 2 is 1.97 bits per heavy atom. The molecule has 0 spiro atoms. The molecule has 0 aliphatic carbocycles. The second-order valence-corrected chi connectivity index (χ2v) is 6.49. The topological polar surface area (TPSA) is 154 Å². The predicted molar refractivity (Wildman–Crippen MR) is 102 cm³/mol. The van der Waals surface area contributed by atoms with Crippen LogP contribution in [0.5, 0.6) is 11.5 Å². The fourth-order valence-electron chi connectivity index (χ4n) is 2.64. The van der Waals surface area contributed by atoms with Gasteiger partial charge < -0.3 is 35.0 Å². The molecule has 5 N–H and O–H groups in total. The van der Waals surface area contributed by atoms with Crippen molar-refractivity contribution < 1.29 is 29.2 Å². The number of carbonyl (C=O) groups excluding carboxylic acids is 1. The van der Waals surface area contributed by atoms with E-state index in [0.717, 1.165) is 6.07 Å². The Labute approximate surface area is 170 Å². The summed E-state index contributed by atoms with van der Waals surface area (Å²) in [5.74, 6) is -0.269. The van der Waals surface area contributed by atoms with Crippen molar-refractivity contribution in [3.05, 3.63) is 40.4 Å². The number of aliphatic hydroxyl groups is 1. The summed E-state index contributed by atoms with van der Waals surface area (Å²) in [6.45, 7) is 2.15. The number of phenols is 2. The number of carbonyl (C=O) groups is 1. The molecule has 1 amide bonds. The number of likely N-dealkylation sites (N-methyl/N-ethyl adjacent to an activating group) is 1. The van der Waals surface area contributed by atoms with Crippen molar-refractivity contribution in [1.82, 2.24) is 15.6 Å². The van der Waals surface area contributed by atoms with Crippen molar-refractivity contribution in [1.29, 1.82) is 0 Å². The molecular formula is C18H19ClN4O6. The highest BCUT2D eigenvalue weighted by Gasteiger charge is 2.23. The molecule has 0 saturated heterocycles. The Bertz CT molecular complexity index is 1020. The molecule has 0 radical (unpaired) electrons. The van der Waals surface area contributed by atoms with Crippen molar-refractivity contribution >= 4 is 23.2 Å². The molecule has 10 nitrogen and oxygen atoms in total. The van der Waals surface area contributed by atoms with Gasteiger partial charge in [-0.15, -0.1) is 0 Å². The lowest BCUT2D eigenvalue weighted by Crippen LogP contribution is -2.24. The summed E-state index contributed by atoms with van der Waals surface area (Å²) < 4.78 is 10.5. The fraction of sp³-hybridized carbons (Fsp3) is 0.278. The molecule has 0 bridgehead atoms. The average molecular weight is 423 g/mol. The molecule has 11 heteroatoms. The molecule has 3 rings (SSSR count). The number of benzene rings is 1. The Hall–Kier alpha value is -3.24. The molecule has 154 valence electrons. The zero-order valence-corrected chi connectivity index (χ0v) is 16.2. The first-order chi connectivity index (χ1) is 13.9. The number of aromatic nitrogens is 2. The summed E-state index contributed by atoms with van der Waals surface area (Å²) in [6.07, 6.45) is -0.0649. The Morgan fingerprint density at radius 1 is 1.17 bits per heavy atom. The lowest BCUT2D eigenvalue weighted by molar-refractivity contribution is -0.120. The van der Waals surface area contributed by atoms with E-state index in [1.54, 1.807) is 13.0 Å². The van der Waals surface area contributed by atoms with Crippen LogP contribution in [0.4, 0.5) is 5.69 Å². The summed E-state index contributed by atoms with van der Waals surface area (Å²) in [4.78, 5) is 12.0. The molecule has 0 aliphatic heterocycles. The first kappa shape index (κ1) is 20.5. The summed E-state index contributed by atoms with van der Waals surface area (Å²) in [5, 5.41) is 42.3. The van der Waals surface area contributed by atoms with Crippen LogP contribution in [-0.4, -0.2) is 38.1 Å². The van der Waals surface area contributed by atoms with Crippen LogP contribution in [0.1, 0.15) is 24.1 Å². The van der Waals surface area contributed by atoms with Gasteiger partial charge in [-0.3, -0.25) is 4.79 Å². The largest absolute Gasteiger partial charge is 0.507 e. The van der Waals surface area contributed by atoms with Crippen LogP contribution >= 0.6 is 11.6 Å². The molecule has 29 heavy (non-hydrogen) atoms. The molecule has 0 atom stereocenters. The van der Waals surface area contributed by atoms with E-state index >= 15 is 0 Å². The molecule has 0 fully saturated rings. The third-order valence-electron chi connectivity index (χ3n) is 3.98. The van der Waals surface area contributed by atoms with Gasteiger partial charge in [0.1, 0.15) is 28.6 Å². The molecule has 0 saturated carbocycles. The van der Waals surface area contributed by atoms with Gasteiger partial charge in [-0.1, -0.05) is 21.9 Å². The van der Waals surface area contributed by atoms with Gasteiger partial charge in [0.05, 0.1) is 30.2 Å². The van der Waals surface area contributed by atoms with Gasteiger partial charge in [-0.25, -0.2) is 0 Å². The van der Waals surface area contributed by atoms with Crippen LogP contribution in [-0.2, 0) is 24.4 Å². The molecular weight excluding hydrogens is 404 g/mol. The number of hydrogen-bond acceptors (Lipinski definition) is 9. The van der Waals surface area contributed by atoms with Gasteiger partial charge in [0, 0.05) is 18.7 Å². The molecule has 1 aromatic carbocycles. The molecule has 3 aromatic rings. The number of nitrogens with zero attached hydrogens (tertiary/aromatic N) is 2. The van der Waals surface area contributed by atoms with E-state index in [4.69, 9.17) is 25.8 Å². The lowest BCUT2D eigenvalue weighted by Gasteiger charge is -2.09. The Morgan fingerprint density at radius 3 is 2.66 bits per heavy atom. The van der Waals surface area contributed by atoms with E-state index in [0.29, 0.717) is 29.4 Å². The highest BCUT2D eigenvalue weighted by atomic mass is 35.5. The minimum absolute atomic E-state index is 0.00764. The van der Waals surface area contributed by atoms with Crippen molar-refractivity contribution in [2.24, 2.45) is 0 Å². The highest BCUT2D eigenvalue weighted by Crippen LogP contribution is 2.41. The van der Waals surface area contributed by atoms with Crippen molar-refractivity contribution in [3.8, 4) is 22.8 Å². The second kappa shape index (κ2) is 8.84. The Kier molecular flexibility index (Phi) is 6.25. The van der Waals surface area contributed by atoms with E-state index in [2.05, 4.69) is 20.9 Å². The molecule has 2 heterocycles. The second-order valence-electron chi connectivity index (χ2n) is 6.08. The van der Waals surface area contributed by atoms with E-state index in [1.165, 1.54) is 6.07 Å². The number of rotatable bonds is 8. The van der Waals surface area contributed by atoms with Crippen molar-refractivity contribution in [2.45, 2.75) is 26.5 Å². The normalized spacial score (nSPS) is 10.9. The van der Waals surface area contributed by atoms with Gasteiger partial charge >= 0.3 is 0 Å². The summed E-state index contributed by atoms with van der Waals surface area (Å²) in [7, 11) is 0. The smallest absolute Gasteiger partial charge is 0.226 e. The lowest BCUT2D eigenvalue weighted by atomic mass is 10.1. The average Bonchev–Trinajstić information content (AvgIpc) is 3.30. The van der Waals surface area contributed by atoms with Crippen LogP contribution in [0.2, 0.25) is 5.02 Å². The van der Waals surface area contributed by atoms with Gasteiger partial charge in [0.2, 0.25) is 5.91 Å². The summed E-state index contributed by atoms with van der Waals surface area (Å²) >= 11 is 5.96. The number of nitrogens with one attached hydrogen (secondary N) is 2. The van der Waals surface area contributed by atoms with Crippen LogP contribution < -0.4 is 10.6 Å². The fourth-order valence-corrected chi connectivity index (χ4v) is 2.81. The highest BCUT2D eigenvalue weighted by molar-refractivity contribution is 6.32. The maximum absolute atomic E-state index is 12.0. The van der Waals surface area contributed by atoms with Gasteiger partial charge in [0.15, 0.2) is 11.5 Å². The van der Waals surface area contributed by atoms with Gasteiger partial charge in [-0.05, 0) is 13.0 Å². The number of amides is 1. The first-order valence-corrected chi connectivity index (χ1v) is 9.07. The number of hydrogen-bond donors (Lipinski definition) is 5. The minimum Gasteiger partial charge on any atom is -0.507 e. The van der Waals surface area contributed by atoms with Crippen molar-refractivity contribution in [2.75, 3.05) is 11.9 Å². The number of phenolic OH excluding ortho intramolecular Hbond substituents is 2. The van der Waals surface area contributed by atoms with Crippen LogP contribution in [0.15, 0.2) is 27.2 Å².